The van der Waals surface area contributed by atoms with E-state index in [1.54, 1.807) is 0 Å². The molecule has 0 radical (unpaired) electrons. The fourth-order valence-electron chi connectivity index (χ4n) is 0.492. The summed E-state index contributed by atoms with van der Waals surface area (Å²) in [7, 11) is 0. The van der Waals surface area contributed by atoms with Crippen molar-refractivity contribution in [2.24, 2.45) is 0 Å². The predicted octanol–water partition coefficient (Wildman–Crippen LogP) is 3.81. The molecule has 0 rings (SSSR count). The molecule has 0 aromatic carbocycles. The van der Waals surface area contributed by atoms with Gasteiger partial charge in [-0.25, -0.2) is 17.6 Å². The zero-order chi connectivity index (χ0) is 13.0. The summed E-state index contributed by atoms with van der Waals surface area (Å²) in [6.07, 6.45) is -5.31. The van der Waals surface area contributed by atoms with Crippen LogP contribution in [0, 0.1) is 0 Å². The third kappa shape index (κ3) is 7.19. The van der Waals surface area contributed by atoms with Gasteiger partial charge < -0.3 is 9.47 Å². The van der Waals surface area contributed by atoms with Gasteiger partial charge in [-0.15, -0.1) is 0 Å². The molecule has 16 heavy (non-hydrogen) atoms. The molecule has 0 aliphatic heterocycles. The molecule has 2 unspecified atom stereocenters. The van der Waals surface area contributed by atoms with E-state index in [9.17, 15) is 17.6 Å². The standard InChI is InChI=1S/C6H6Cl4F4O2/c7-5(8,13)3(11)15-1-2-16-4(12)6(9,10)14/h3-4H,1-2H2. The lowest BCUT2D eigenvalue weighted by atomic mass is 10.6. The molecule has 0 spiro atoms. The molecule has 98 valence electrons. The summed E-state index contributed by atoms with van der Waals surface area (Å²) < 4.78 is 51.5. The Hall–Kier alpha value is 0.800. The Kier molecular flexibility index (Phi) is 6.99. The van der Waals surface area contributed by atoms with Crippen LogP contribution in [0.1, 0.15) is 0 Å². The van der Waals surface area contributed by atoms with Crippen molar-refractivity contribution in [1.82, 2.24) is 0 Å². The van der Waals surface area contributed by atoms with E-state index in [0.717, 1.165) is 0 Å². The number of hydrogen-bond acceptors (Lipinski definition) is 2. The summed E-state index contributed by atoms with van der Waals surface area (Å²) in [6.45, 7) is -1.26. The highest BCUT2D eigenvalue weighted by Gasteiger charge is 2.37. The van der Waals surface area contributed by atoms with Crippen LogP contribution in [0.2, 0.25) is 0 Å². The van der Waals surface area contributed by atoms with Crippen LogP contribution < -0.4 is 0 Å². The molecule has 0 N–H and O–H groups in total. The molecule has 2 nitrogen and oxygen atoms in total. The molecule has 0 amide bonds. The van der Waals surface area contributed by atoms with Crippen LogP contribution in [-0.2, 0) is 9.47 Å². The van der Waals surface area contributed by atoms with Crippen molar-refractivity contribution in [1.29, 1.82) is 0 Å². The zero-order valence-corrected chi connectivity index (χ0v) is 10.4. The van der Waals surface area contributed by atoms with Gasteiger partial charge in [0, 0.05) is 0 Å². The van der Waals surface area contributed by atoms with E-state index >= 15 is 0 Å². The van der Waals surface area contributed by atoms with Gasteiger partial charge in [0.1, 0.15) is 0 Å². The average molecular weight is 328 g/mol. The van der Waals surface area contributed by atoms with Gasteiger partial charge in [0.25, 0.3) is 12.7 Å². The van der Waals surface area contributed by atoms with Gasteiger partial charge in [-0.2, -0.15) is 0 Å². The van der Waals surface area contributed by atoms with Crippen molar-refractivity contribution in [3.8, 4) is 0 Å². The first kappa shape index (κ1) is 16.8. The zero-order valence-electron chi connectivity index (χ0n) is 7.41. The van der Waals surface area contributed by atoms with Gasteiger partial charge in [0.05, 0.1) is 13.2 Å². The normalized spacial score (nSPS) is 17.2. The van der Waals surface area contributed by atoms with Crippen LogP contribution in [0.3, 0.4) is 0 Å². The lowest BCUT2D eigenvalue weighted by Gasteiger charge is -2.18. The van der Waals surface area contributed by atoms with Crippen molar-refractivity contribution in [2.75, 3.05) is 13.2 Å². The van der Waals surface area contributed by atoms with E-state index in [2.05, 4.69) is 55.9 Å². The predicted molar refractivity (Wildman–Crippen MR) is 52.8 cm³/mol. The second-order valence-corrected chi connectivity index (χ2v) is 5.04. The van der Waals surface area contributed by atoms with Gasteiger partial charge in [0.2, 0.25) is 0 Å². The van der Waals surface area contributed by atoms with Gasteiger partial charge in [0.15, 0.2) is 0 Å². The molecule has 0 saturated carbocycles. The lowest BCUT2D eigenvalue weighted by molar-refractivity contribution is -0.127. The molecule has 0 bridgehead atoms. The van der Waals surface area contributed by atoms with Gasteiger partial charge >= 0.3 is 9.17 Å². The maximum absolute atomic E-state index is 12.5. The fourth-order valence-corrected chi connectivity index (χ4v) is 0.744. The first-order valence-electron chi connectivity index (χ1n) is 3.70. The molecule has 0 saturated heterocycles. The Bertz CT molecular complexity index is 186. The largest absolute Gasteiger partial charge is 0.341 e. The summed E-state index contributed by atoms with van der Waals surface area (Å²) in [6, 6.07) is 0. The molecule has 0 aromatic heterocycles. The molecular weight excluding hydrogens is 322 g/mol. The van der Waals surface area contributed by atoms with Crippen LogP contribution in [-0.4, -0.2) is 35.1 Å². The topological polar surface area (TPSA) is 18.5 Å². The van der Waals surface area contributed by atoms with E-state index in [0.29, 0.717) is 0 Å². The summed E-state index contributed by atoms with van der Waals surface area (Å²) in [4.78, 5) is 0. The monoisotopic (exact) mass is 326 g/mol. The number of ether oxygens (including phenoxy) is 2. The van der Waals surface area contributed by atoms with Crippen molar-refractivity contribution in [3.05, 3.63) is 0 Å². The van der Waals surface area contributed by atoms with Crippen molar-refractivity contribution in [3.63, 3.8) is 0 Å². The van der Waals surface area contributed by atoms with Crippen LogP contribution in [0.15, 0.2) is 0 Å². The summed E-state index contributed by atoms with van der Waals surface area (Å²) in [5.74, 6) is 0. The van der Waals surface area contributed by atoms with Gasteiger partial charge in [-0.05, 0) is 0 Å². The Balaban J connectivity index is 3.70. The number of alkyl halides is 8. The molecule has 0 aliphatic rings. The van der Waals surface area contributed by atoms with Crippen molar-refractivity contribution < 1.29 is 27.0 Å². The SMILES string of the molecule is FC(OCCOC(F)C(F)(Cl)Cl)C(F)(Cl)Cl. The number of rotatable bonds is 7. The Labute approximate surface area is 109 Å². The minimum absolute atomic E-state index is 0.628. The van der Waals surface area contributed by atoms with E-state index in [-0.39, 0.29) is 0 Å². The van der Waals surface area contributed by atoms with Gasteiger partial charge in [-0.3, -0.25) is 0 Å². The fraction of sp³-hybridized carbons (Fsp3) is 1.00. The molecule has 10 heteroatoms. The van der Waals surface area contributed by atoms with E-state index < -0.39 is 35.1 Å². The maximum atomic E-state index is 12.5. The highest BCUT2D eigenvalue weighted by molar-refractivity contribution is 6.47. The second kappa shape index (κ2) is 6.66. The molecule has 0 fully saturated rings. The molecular formula is C6H6Cl4F4O2. The van der Waals surface area contributed by atoms with Crippen LogP contribution in [0.5, 0.6) is 0 Å². The lowest BCUT2D eigenvalue weighted by Crippen LogP contribution is -2.29. The minimum Gasteiger partial charge on any atom is -0.341 e. The van der Waals surface area contributed by atoms with Crippen LogP contribution in [0.4, 0.5) is 17.6 Å². The van der Waals surface area contributed by atoms with Crippen molar-refractivity contribution >= 4 is 46.4 Å². The molecule has 2 atom stereocenters. The maximum Gasteiger partial charge on any atom is 0.313 e. The average Bonchev–Trinajstić information content (AvgIpc) is 2.08. The highest BCUT2D eigenvalue weighted by Crippen LogP contribution is 2.31. The van der Waals surface area contributed by atoms with Crippen LogP contribution in [0.25, 0.3) is 0 Å². The van der Waals surface area contributed by atoms with E-state index in [1.807, 2.05) is 0 Å². The summed E-state index contributed by atoms with van der Waals surface area (Å²) >= 11 is 18.7. The van der Waals surface area contributed by atoms with Crippen LogP contribution >= 0.6 is 46.4 Å². The summed E-state index contributed by atoms with van der Waals surface area (Å²) in [5, 5.41) is 0. The Morgan fingerprint density at radius 1 is 0.812 bits per heavy atom. The molecule has 0 heterocycles. The van der Waals surface area contributed by atoms with E-state index in [4.69, 9.17) is 0 Å². The third-order valence-electron chi connectivity index (χ3n) is 1.13. The molecule has 0 aliphatic carbocycles. The molecule has 0 aromatic rings. The quantitative estimate of drug-likeness (QED) is 0.402. The first-order chi connectivity index (χ1) is 7.05. The van der Waals surface area contributed by atoms with E-state index in [1.165, 1.54) is 0 Å². The number of hydrogen-bond donors (Lipinski definition) is 0. The second-order valence-electron chi connectivity index (χ2n) is 2.46. The Morgan fingerprint density at radius 2 is 1.06 bits per heavy atom. The minimum atomic E-state index is -3.24. The van der Waals surface area contributed by atoms with Gasteiger partial charge in [-0.1, -0.05) is 46.4 Å². The smallest absolute Gasteiger partial charge is 0.313 e. The highest BCUT2D eigenvalue weighted by atomic mass is 35.5. The Morgan fingerprint density at radius 3 is 1.25 bits per heavy atom. The number of halogens is 8. The third-order valence-corrected chi connectivity index (χ3v) is 1.81. The summed E-state index contributed by atoms with van der Waals surface area (Å²) in [5.41, 5.74) is 0. The first-order valence-corrected chi connectivity index (χ1v) is 5.21. The van der Waals surface area contributed by atoms with Crippen molar-refractivity contribution in [2.45, 2.75) is 21.9 Å².